The van der Waals surface area contributed by atoms with Crippen LogP contribution in [0, 0.1) is 0 Å². The molecule has 2 heterocycles. The van der Waals surface area contributed by atoms with Gasteiger partial charge in [-0.25, -0.2) is 14.6 Å². The molecule has 5 rings (SSSR count). The Morgan fingerprint density at radius 1 is 0.950 bits per heavy atom. The van der Waals surface area contributed by atoms with Gasteiger partial charge in [0.25, 0.3) is 5.56 Å². The second-order valence-corrected chi connectivity index (χ2v) is 10.1. The first-order valence-electron chi connectivity index (χ1n) is 12.6. The van der Waals surface area contributed by atoms with Crippen molar-refractivity contribution in [2.75, 3.05) is 7.11 Å². The summed E-state index contributed by atoms with van der Waals surface area (Å²) in [5.74, 6) is -1.04. The van der Waals surface area contributed by atoms with Crippen molar-refractivity contribution in [2.24, 2.45) is 4.99 Å². The number of hydrogen-bond acceptors (Lipinski definition) is 7. The number of aromatic nitrogens is 1. The molecule has 0 bridgehead atoms. The summed E-state index contributed by atoms with van der Waals surface area (Å²) in [4.78, 5) is 44.3. The number of ether oxygens (including phenoxy) is 2. The molecule has 0 fully saturated rings. The Morgan fingerprint density at radius 3 is 2.30 bits per heavy atom. The molecule has 7 nitrogen and oxygen atoms in total. The molecule has 0 N–H and O–H groups in total. The number of benzene rings is 3. The summed E-state index contributed by atoms with van der Waals surface area (Å²) in [6.07, 6.45) is 5.49. The van der Waals surface area contributed by atoms with Gasteiger partial charge in [-0.2, -0.15) is 0 Å². The third-order valence-electron chi connectivity index (χ3n) is 6.44. The molecule has 0 amide bonds. The van der Waals surface area contributed by atoms with Crippen LogP contribution in [0.5, 0.6) is 0 Å². The van der Waals surface area contributed by atoms with Gasteiger partial charge >= 0.3 is 11.9 Å². The van der Waals surface area contributed by atoms with E-state index in [1.54, 1.807) is 37.3 Å². The average Bonchev–Trinajstić information content (AvgIpc) is 3.30. The van der Waals surface area contributed by atoms with Crippen molar-refractivity contribution in [3.63, 3.8) is 0 Å². The van der Waals surface area contributed by atoms with E-state index in [1.165, 1.54) is 23.0 Å². The largest absolute Gasteiger partial charge is 0.465 e. The van der Waals surface area contributed by atoms with Crippen LogP contribution in [0.1, 0.15) is 40.0 Å². The summed E-state index contributed by atoms with van der Waals surface area (Å²) in [5.41, 5.74) is 3.31. The number of nitrogens with zero attached hydrogens (tertiary/aromatic N) is 2. The number of thiazole rings is 1. The molecule has 40 heavy (non-hydrogen) atoms. The molecule has 4 aromatic rings. The fourth-order valence-corrected chi connectivity index (χ4v) is 5.44. The number of rotatable bonds is 7. The quantitative estimate of drug-likeness (QED) is 0.318. The number of hydrogen-bond donors (Lipinski definition) is 0. The molecule has 1 aliphatic rings. The van der Waals surface area contributed by atoms with Crippen LogP contribution in [0.4, 0.5) is 0 Å². The average molecular weight is 551 g/mol. The van der Waals surface area contributed by atoms with Gasteiger partial charge in [0.1, 0.15) is 6.61 Å². The topological polar surface area (TPSA) is 87.0 Å². The van der Waals surface area contributed by atoms with Crippen LogP contribution in [0.3, 0.4) is 0 Å². The Bertz CT molecular complexity index is 1780. The molecule has 1 unspecified atom stereocenters. The fourth-order valence-electron chi connectivity index (χ4n) is 4.44. The highest BCUT2D eigenvalue weighted by Crippen LogP contribution is 2.31. The maximum atomic E-state index is 13.7. The van der Waals surface area contributed by atoms with Crippen molar-refractivity contribution in [3.05, 3.63) is 144 Å². The predicted octanol–water partition coefficient (Wildman–Crippen LogP) is 4.43. The highest BCUT2D eigenvalue weighted by atomic mass is 32.1. The molecular weight excluding hydrogens is 524 g/mol. The molecule has 0 radical (unpaired) electrons. The highest BCUT2D eigenvalue weighted by Gasteiger charge is 2.33. The lowest BCUT2D eigenvalue weighted by molar-refractivity contribution is -0.140. The molecule has 0 aliphatic carbocycles. The summed E-state index contributed by atoms with van der Waals surface area (Å²) in [7, 11) is 1.31. The second-order valence-electron chi connectivity index (χ2n) is 9.05. The molecule has 0 saturated heterocycles. The number of allylic oxidation sites excluding steroid dienone is 2. The zero-order valence-corrected chi connectivity index (χ0v) is 22.8. The van der Waals surface area contributed by atoms with E-state index in [0.29, 0.717) is 26.2 Å². The van der Waals surface area contributed by atoms with Gasteiger partial charge in [-0.1, -0.05) is 96.3 Å². The summed E-state index contributed by atoms with van der Waals surface area (Å²) in [5, 5.41) is 0. The van der Waals surface area contributed by atoms with E-state index in [-0.39, 0.29) is 17.7 Å². The molecule has 1 aliphatic heterocycles. The lowest BCUT2D eigenvalue weighted by Gasteiger charge is -2.25. The summed E-state index contributed by atoms with van der Waals surface area (Å²) in [6, 6.07) is 25.0. The summed E-state index contributed by atoms with van der Waals surface area (Å²) >= 11 is 1.25. The van der Waals surface area contributed by atoms with Crippen molar-refractivity contribution in [1.29, 1.82) is 0 Å². The van der Waals surface area contributed by atoms with Crippen LogP contribution in [0.15, 0.2) is 112 Å². The SMILES string of the molecule is COC(=O)c1ccc(C2C(C(=O)OCc3ccccc3)=C(C)N=c3sc(=CC=Cc4ccccc4)c(=O)n32)cc1. The lowest BCUT2D eigenvalue weighted by Crippen LogP contribution is -2.39. The minimum Gasteiger partial charge on any atom is -0.465 e. The smallest absolute Gasteiger partial charge is 0.338 e. The predicted molar refractivity (Wildman–Crippen MR) is 154 cm³/mol. The van der Waals surface area contributed by atoms with Gasteiger partial charge in [0.05, 0.1) is 34.5 Å². The van der Waals surface area contributed by atoms with E-state index in [1.807, 2.05) is 72.8 Å². The number of fused-ring (bicyclic) bond motifs is 1. The van der Waals surface area contributed by atoms with Crippen LogP contribution >= 0.6 is 11.3 Å². The summed E-state index contributed by atoms with van der Waals surface area (Å²) < 4.78 is 12.5. The van der Waals surface area contributed by atoms with Crippen molar-refractivity contribution >= 4 is 35.4 Å². The molecule has 0 saturated carbocycles. The van der Waals surface area contributed by atoms with Crippen molar-refractivity contribution in [2.45, 2.75) is 19.6 Å². The third-order valence-corrected chi connectivity index (χ3v) is 7.44. The fraction of sp³-hybridized carbons (Fsp3) is 0.125. The minimum atomic E-state index is -0.786. The van der Waals surface area contributed by atoms with Gasteiger partial charge in [-0.15, -0.1) is 0 Å². The summed E-state index contributed by atoms with van der Waals surface area (Å²) in [6.45, 7) is 1.82. The molecule has 8 heteroatoms. The van der Waals surface area contributed by atoms with Crippen LogP contribution in [0.25, 0.3) is 12.2 Å². The van der Waals surface area contributed by atoms with E-state index in [9.17, 15) is 14.4 Å². The van der Waals surface area contributed by atoms with E-state index in [2.05, 4.69) is 4.99 Å². The first kappa shape index (κ1) is 26.8. The Kier molecular flexibility index (Phi) is 7.98. The van der Waals surface area contributed by atoms with Gasteiger partial charge in [0, 0.05) is 0 Å². The number of carbonyl (C=O) groups excluding carboxylic acids is 2. The minimum absolute atomic E-state index is 0.0825. The molecule has 0 spiro atoms. The Balaban J connectivity index is 1.57. The molecule has 3 aromatic carbocycles. The van der Waals surface area contributed by atoms with Gasteiger partial charge < -0.3 is 9.47 Å². The Labute approximate surface area is 234 Å². The van der Waals surface area contributed by atoms with Crippen LogP contribution in [0.2, 0.25) is 0 Å². The second kappa shape index (κ2) is 11.9. The first-order valence-corrected chi connectivity index (χ1v) is 13.4. The molecule has 1 aromatic heterocycles. The van der Waals surface area contributed by atoms with E-state index >= 15 is 0 Å². The number of methoxy groups -OCH3 is 1. The lowest BCUT2D eigenvalue weighted by atomic mass is 9.95. The van der Waals surface area contributed by atoms with Crippen molar-refractivity contribution in [1.82, 2.24) is 4.57 Å². The number of carbonyl (C=O) groups is 2. The van der Waals surface area contributed by atoms with Crippen molar-refractivity contribution < 1.29 is 19.1 Å². The Hall–Kier alpha value is -4.82. The normalized spacial score (nSPS) is 15.1. The van der Waals surface area contributed by atoms with Gasteiger partial charge in [0.2, 0.25) is 0 Å². The molecule has 200 valence electrons. The maximum Gasteiger partial charge on any atom is 0.338 e. The standard InChI is InChI=1S/C32H26N2O5S/c1-21-27(31(37)39-20-23-12-7-4-8-13-23)28(24-16-18-25(19-17-24)30(36)38-2)34-29(35)26(40-32(34)33-21)15-9-14-22-10-5-3-6-11-22/h3-19,28H,20H2,1-2H3. The molecule has 1 atom stereocenters. The van der Waals surface area contributed by atoms with E-state index < -0.39 is 18.0 Å². The zero-order valence-electron chi connectivity index (χ0n) is 21.9. The van der Waals surface area contributed by atoms with Gasteiger partial charge in [-0.05, 0) is 41.8 Å². The monoisotopic (exact) mass is 550 g/mol. The third kappa shape index (κ3) is 5.62. The first-order chi connectivity index (χ1) is 19.5. The number of esters is 2. The van der Waals surface area contributed by atoms with Crippen LogP contribution in [-0.2, 0) is 20.9 Å². The van der Waals surface area contributed by atoms with Gasteiger partial charge in [0.15, 0.2) is 4.80 Å². The highest BCUT2D eigenvalue weighted by molar-refractivity contribution is 7.07. The van der Waals surface area contributed by atoms with E-state index in [4.69, 9.17) is 9.47 Å². The maximum absolute atomic E-state index is 13.7. The zero-order chi connectivity index (χ0) is 28.1. The van der Waals surface area contributed by atoms with Gasteiger partial charge in [-0.3, -0.25) is 9.36 Å². The van der Waals surface area contributed by atoms with Crippen LogP contribution in [-0.4, -0.2) is 23.6 Å². The van der Waals surface area contributed by atoms with Crippen molar-refractivity contribution in [3.8, 4) is 0 Å². The Morgan fingerprint density at radius 2 is 1.62 bits per heavy atom. The molecular formula is C32H26N2O5S. The van der Waals surface area contributed by atoms with Crippen LogP contribution < -0.4 is 14.9 Å². The van der Waals surface area contributed by atoms with E-state index in [0.717, 1.165) is 11.1 Å².